The van der Waals surface area contributed by atoms with Gasteiger partial charge in [-0.05, 0) is 18.2 Å². The SMILES string of the molecule is CN=C(NCCOc1ccc(C(F)(F)F)cn1)N(C)Cc1cccn1C. The van der Waals surface area contributed by atoms with Gasteiger partial charge in [-0.15, -0.1) is 0 Å². The molecule has 6 nitrogen and oxygen atoms in total. The molecule has 142 valence electrons. The molecule has 2 heterocycles. The van der Waals surface area contributed by atoms with Crippen LogP contribution < -0.4 is 10.1 Å². The zero-order valence-corrected chi connectivity index (χ0v) is 14.9. The maximum atomic E-state index is 12.5. The Morgan fingerprint density at radius 2 is 2.12 bits per heavy atom. The minimum Gasteiger partial charge on any atom is -0.476 e. The maximum Gasteiger partial charge on any atom is 0.417 e. The fourth-order valence-electron chi connectivity index (χ4n) is 2.32. The predicted octanol–water partition coefficient (Wildman–Crippen LogP) is 2.53. The smallest absolute Gasteiger partial charge is 0.417 e. The lowest BCUT2D eigenvalue weighted by atomic mass is 10.3. The van der Waals surface area contributed by atoms with Crippen LogP contribution in [-0.4, -0.2) is 47.7 Å². The monoisotopic (exact) mass is 369 g/mol. The van der Waals surface area contributed by atoms with E-state index in [0.717, 1.165) is 18.0 Å². The van der Waals surface area contributed by atoms with Crippen LogP contribution in [0, 0.1) is 0 Å². The zero-order chi connectivity index (χ0) is 19.2. The molecule has 0 radical (unpaired) electrons. The van der Waals surface area contributed by atoms with E-state index in [-0.39, 0.29) is 12.5 Å². The summed E-state index contributed by atoms with van der Waals surface area (Å²) < 4.78 is 44.8. The summed E-state index contributed by atoms with van der Waals surface area (Å²) in [6, 6.07) is 6.16. The van der Waals surface area contributed by atoms with Gasteiger partial charge in [0.05, 0.1) is 18.7 Å². The number of halogens is 3. The average Bonchev–Trinajstić information content (AvgIpc) is 2.99. The second-order valence-corrected chi connectivity index (χ2v) is 5.67. The maximum absolute atomic E-state index is 12.5. The number of hydrogen-bond acceptors (Lipinski definition) is 3. The van der Waals surface area contributed by atoms with Crippen LogP contribution in [0.25, 0.3) is 0 Å². The Hall–Kier alpha value is -2.71. The number of aliphatic imine (C=N–C) groups is 1. The summed E-state index contributed by atoms with van der Waals surface area (Å²) in [5, 5.41) is 3.14. The van der Waals surface area contributed by atoms with Gasteiger partial charge in [0.2, 0.25) is 5.88 Å². The fraction of sp³-hybridized carbons (Fsp3) is 0.412. The van der Waals surface area contributed by atoms with E-state index in [4.69, 9.17) is 4.74 Å². The summed E-state index contributed by atoms with van der Waals surface area (Å²) in [5.41, 5.74) is 0.339. The van der Waals surface area contributed by atoms with Crippen molar-refractivity contribution >= 4 is 5.96 Å². The van der Waals surface area contributed by atoms with Crippen molar-refractivity contribution in [1.29, 1.82) is 0 Å². The molecule has 9 heteroatoms. The highest BCUT2D eigenvalue weighted by molar-refractivity contribution is 5.79. The van der Waals surface area contributed by atoms with Gasteiger partial charge in [-0.3, -0.25) is 4.99 Å². The number of guanidine groups is 1. The molecule has 0 saturated carbocycles. The Balaban J connectivity index is 1.78. The Kier molecular flexibility index (Phi) is 6.48. The lowest BCUT2D eigenvalue weighted by Gasteiger charge is -2.22. The van der Waals surface area contributed by atoms with E-state index in [2.05, 4.69) is 15.3 Å². The molecular weight excluding hydrogens is 347 g/mol. The number of nitrogens with one attached hydrogen (secondary N) is 1. The largest absolute Gasteiger partial charge is 0.476 e. The highest BCUT2D eigenvalue weighted by atomic mass is 19.4. The Bertz CT molecular complexity index is 725. The normalized spacial score (nSPS) is 12.2. The van der Waals surface area contributed by atoms with Gasteiger partial charge >= 0.3 is 6.18 Å². The highest BCUT2D eigenvalue weighted by Crippen LogP contribution is 2.29. The molecule has 0 unspecified atom stereocenters. The minimum atomic E-state index is -4.40. The third-order valence-corrected chi connectivity index (χ3v) is 3.72. The van der Waals surface area contributed by atoms with Gasteiger partial charge in [0.15, 0.2) is 5.96 Å². The molecule has 2 aromatic heterocycles. The second-order valence-electron chi connectivity index (χ2n) is 5.67. The molecular formula is C17H22F3N5O. The molecule has 2 rings (SSSR count). The van der Waals surface area contributed by atoms with E-state index in [9.17, 15) is 13.2 Å². The topological polar surface area (TPSA) is 54.7 Å². The molecule has 0 aromatic carbocycles. The molecule has 0 amide bonds. The van der Waals surface area contributed by atoms with Gasteiger partial charge < -0.3 is 19.5 Å². The van der Waals surface area contributed by atoms with Gasteiger partial charge in [0.25, 0.3) is 0 Å². The van der Waals surface area contributed by atoms with Crippen LogP contribution in [0.4, 0.5) is 13.2 Å². The number of aromatic nitrogens is 2. The van der Waals surface area contributed by atoms with Crippen LogP contribution in [-0.2, 0) is 19.8 Å². The molecule has 0 bridgehead atoms. The number of alkyl halides is 3. The molecule has 0 saturated heterocycles. The lowest BCUT2D eigenvalue weighted by Crippen LogP contribution is -2.40. The van der Waals surface area contributed by atoms with Crippen molar-refractivity contribution in [2.45, 2.75) is 12.7 Å². The van der Waals surface area contributed by atoms with E-state index >= 15 is 0 Å². The molecule has 0 aliphatic rings. The molecule has 0 atom stereocenters. The van der Waals surface area contributed by atoms with Gasteiger partial charge in [0.1, 0.15) is 6.61 Å². The highest BCUT2D eigenvalue weighted by Gasteiger charge is 2.30. The Morgan fingerprint density at radius 3 is 2.65 bits per heavy atom. The van der Waals surface area contributed by atoms with Gasteiger partial charge in [-0.1, -0.05) is 0 Å². The average molecular weight is 369 g/mol. The van der Waals surface area contributed by atoms with E-state index in [1.165, 1.54) is 6.07 Å². The summed E-state index contributed by atoms with van der Waals surface area (Å²) >= 11 is 0. The van der Waals surface area contributed by atoms with Gasteiger partial charge in [-0.2, -0.15) is 13.2 Å². The Morgan fingerprint density at radius 1 is 1.35 bits per heavy atom. The number of pyridine rings is 1. The first-order valence-corrected chi connectivity index (χ1v) is 7.99. The van der Waals surface area contributed by atoms with Crippen LogP contribution in [0.2, 0.25) is 0 Å². The standard InChI is InChI=1S/C17H22F3N5O/c1-21-16(25(3)12-14-5-4-9-24(14)2)22-8-10-26-15-7-6-13(11-23-15)17(18,19)20/h4-7,9,11H,8,10,12H2,1-3H3,(H,21,22). The molecule has 0 aliphatic carbocycles. The molecule has 0 spiro atoms. The molecule has 0 fully saturated rings. The summed E-state index contributed by atoms with van der Waals surface area (Å²) in [7, 11) is 5.58. The van der Waals surface area contributed by atoms with Crippen molar-refractivity contribution in [3.63, 3.8) is 0 Å². The number of hydrogen-bond donors (Lipinski definition) is 1. The van der Waals surface area contributed by atoms with Crippen molar-refractivity contribution < 1.29 is 17.9 Å². The zero-order valence-electron chi connectivity index (χ0n) is 14.9. The fourth-order valence-corrected chi connectivity index (χ4v) is 2.32. The molecule has 1 N–H and O–H groups in total. The van der Waals surface area contributed by atoms with E-state index < -0.39 is 11.7 Å². The van der Waals surface area contributed by atoms with Crippen LogP contribution in [0.5, 0.6) is 5.88 Å². The van der Waals surface area contributed by atoms with Gasteiger partial charge in [0, 0.05) is 45.3 Å². The number of aryl methyl sites for hydroxylation is 1. The lowest BCUT2D eigenvalue weighted by molar-refractivity contribution is -0.137. The van der Waals surface area contributed by atoms with E-state index in [1.807, 2.05) is 41.9 Å². The first-order chi connectivity index (χ1) is 12.3. The number of rotatable bonds is 6. The first-order valence-electron chi connectivity index (χ1n) is 7.99. The molecule has 2 aromatic rings. The van der Waals surface area contributed by atoms with Crippen molar-refractivity contribution in [2.75, 3.05) is 27.2 Å². The summed E-state index contributed by atoms with van der Waals surface area (Å²) in [6.07, 6.45) is -1.66. The quantitative estimate of drug-likeness (QED) is 0.483. The van der Waals surface area contributed by atoms with Crippen LogP contribution in [0.3, 0.4) is 0 Å². The van der Waals surface area contributed by atoms with E-state index in [0.29, 0.717) is 19.0 Å². The summed E-state index contributed by atoms with van der Waals surface area (Å²) in [6.45, 7) is 1.37. The third-order valence-electron chi connectivity index (χ3n) is 3.72. The summed E-state index contributed by atoms with van der Waals surface area (Å²) in [5.74, 6) is 0.835. The summed E-state index contributed by atoms with van der Waals surface area (Å²) in [4.78, 5) is 9.83. The van der Waals surface area contributed by atoms with Crippen molar-refractivity contribution in [3.8, 4) is 5.88 Å². The van der Waals surface area contributed by atoms with Crippen molar-refractivity contribution in [2.24, 2.45) is 12.0 Å². The third kappa shape index (κ3) is 5.40. The Labute approximate surface area is 150 Å². The van der Waals surface area contributed by atoms with E-state index in [1.54, 1.807) is 7.05 Å². The van der Waals surface area contributed by atoms with Crippen LogP contribution >= 0.6 is 0 Å². The minimum absolute atomic E-state index is 0.145. The molecule has 26 heavy (non-hydrogen) atoms. The predicted molar refractivity (Wildman–Crippen MR) is 93.0 cm³/mol. The van der Waals surface area contributed by atoms with Crippen LogP contribution in [0.1, 0.15) is 11.3 Å². The van der Waals surface area contributed by atoms with Crippen molar-refractivity contribution in [3.05, 3.63) is 47.9 Å². The van der Waals surface area contributed by atoms with Gasteiger partial charge in [-0.25, -0.2) is 4.98 Å². The number of nitrogens with zero attached hydrogens (tertiary/aromatic N) is 4. The number of ether oxygens (including phenoxy) is 1. The van der Waals surface area contributed by atoms with Crippen LogP contribution in [0.15, 0.2) is 41.7 Å². The van der Waals surface area contributed by atoms with Crippen molar-refractivity contribution in [1.82, 2.24) is 19.8 Å². The first kappa shape index (κ1) is 19.6. The molecule has 0 aliphatic heterocycles. The second kappa shape index (κ2) is 8.59.